The highest BCUT2D eigenvalue weighted by molar-refractivity contribution is 7.09. The molecule has 0 saturated carbocycles. The molecule has 8 heteroatoms. The first-order valence-corrected chi connectivity index (χ1v) is 11.7. The van der Waals surface area contributed by atoms with E-state index in [1.165, 1.54) is 10.7 Å². The molecule has 0 bridgehead atoms. The van der Waals surface area contributed by atoms with E-state index in [-0.39, 0.29) is 0 Å². The van der Waals surface area contributed by atoms with Gasteiger partial charge < -0.3 is 20.5 Å². The van der Waals surface area contributed by atoms with Gasteiger partial charge in [-0.05, 0) is 50.4 Å². The number of aryl methyl sites for hydroxylation is 1. The van der Waals surface area contributed by atoms with Gasteiger partial charge in [0.2, 0.25) is 0 Å². The summed E-state index contributed by atoms with van der Waals surface area (Å²) in [4.78, 5) is 11.8. The van der Waals surface area contributed by atoms with Crippen LogP contribution in [0.5, 0.6) is 11.5 Å². The molecule has 0 aliphatic carbocycles. The number of anilines is 1. The molecule has 1 fully saturated rings. The number of aliphatic imine (C=N–C) groups is 1. The van der Waals surface area contributed by atoms with Crippen molar-refractivity contribution in [2.24, 2.45) is 16.6 Å². The Kier molecular flexibility index (Phi) is 7.07. The summed E-state index contributed by atoms with van der Waals surface area (Å²) < 4.78 is 11.4. The van der Waals surface area contributed by atoms with Crippen LogP contribution in [0.15, 0.2) is 28.6 Å². The lowest BCUT2D eigenvalue weighted by atomic mass is 9.97. The van der Waals surface area contributed by atoms with Crippen molar-refractivity contribution >= 4 is 23.0 Å². The molecule has 3 N–H and O–H groups in total. The topological polar surface area (TPSA) is 85.0 Å². The molecule has 2 aliphatic rings. The zero-order chi connectivity index (χ0) is 20.8. The number of hydrogen-bond donors (Lipinski definition) is 2. The SMILES string of the molecule is CCc1nc(CN2CCC(CN=C(N)Nc3ccc4c(c3)OCCCO4)CC2)cs1. The van der Waals surface area contributed by atoms with Gasteiger partial charge in [-0.1, -0.05) is 6.92 Å². The molecular weight excluding hydrogens is 398 g/mol. The molecule has 4 rings (SSSR count). The Balaban J connectivity index is 1.23. The normalized spacial score (nSPS) is 18.2. The van der Waals surface area contributed by atoms with Crippen molar-refractivity contribution in [3.05, 3.63) is 34.3 Å². The van der Waals surface area contributed by atoms with Crippen LogP contribution in [0, 0.1) is 5.92 Å². The maximum absolute atomic E-state index is 6.12. The van der Waals surface area contributed by atoms with Gasteiger partial charge in [0, 0.05) is 36.6 Å². The van der Waals surface area contributed by atoms with E-state index < -0.39 is 0 Å². The molecule has 1 aromatic carbocycles. The quantitative estimate of drug-likeness (QED) is 0.540. The first-order chi connectivity index (χ1) is 14.7. The molecule has 0 radical (unpaired) electrons. The Hall–Kier alpha value is -2.32. The van der Waals surface area contributed by atoms with E-state index in [4.69, 9.17) is 15.2 Å². The summed E-state index contributed by atoms with van der Waals surface area (Å²) >= 11 is 1.77. The van der Waals surface area contributed by atoms with Gasteiger partial charge in [-0.2, -0.15) is 0 Å². The minimum atomic E-state index is 0.446. The fraction of sp³-hybridized carbons (Fsp3) is 0.545. The molecule has 2 aliphatic heterocycles. The molecule has 0 atom stereocenters. The van der Waals surface area contributed by atoms with Crippen LogP contribution >= 0.6 is 11.3 Å². The number of ether oxygens (including phenoxy) is 2. The number of piperidine rings is 1. The Morgan fingerprint density at radius 1 is 1.27 bits per heavy atom. The summed E-state index contributed by atoms with van der Waals surface area (Å²) in [5, 5.41) is 6.60. The third-order valence-corrected chi connectivity index (χ3v) is 6.58. The third kappa shape index (κ3) is 5.64. The fourth-order valence-electron chi connectivity index (χ4n) is 3.80. The van der Waals surface area contributed by atoms with Crippen molar-refractivity contribution < 1.29 is 9.47 Å². The minimum Gasteiger partial charge on any atom is -0.490 e. The molecule has 3 heterocycles. The zero-order valence-corrected chi connectivity index (χ0v) is 18.4. The number of aromatic nitrogens is 1. The fourth-order valence-corrected chi connectivity index (χ4v) is 4.53. The molecule has 7 nitrogen and oxygen atoms in total. The molecule has 30 heavy (non-hydrogen) atoms. The van der Waals surface area contributed by atoms with Crippen LogP contribution in [0.3, 0.4) is 0 Å². The number of hydrogen-bond acceptors (Lipinski definition) is 6. The Bertz CT molecular complexity index is 861. The van der Waals surface area contributed by atoms with Crippen LogP contribution in [0.25, 0.3) is 0 Å². The summed E-state index contributed by atoms with van der Waals surface area (Å²) in [5.41, 5.74) is 8.20. The Morgan fingerprint density at radius 3 is 2.83 bits per heavy atom. The second kappa shape index (κ2) is 10.1. The summed E-state index contributed by atoms with van der Waals surface area (Å²) in [6.07, 6.45) is 4.20. The van der Waals surface area contributed by atoms with Gasteiger partial charge in [0.05, 0.1) is 23.9 Å². The van der Waals surface area contributed by atoms with Crippen LogP contribution in [-0.4, -0.2) is 48.7 Å². The maximum Gasteiger partial charge on any atom is 0.193 e. The summed E-state index contributed by atoms with van der Waals surface area (Å²) in [5.74, 6) is 2.56. The smallest absolute Gasteiger partial charge is 0.193 e. The van der Waals surface area contributed by atoms with Crippen molar-refractivity contribution in [3.8, 4) is 11.5 Å². The number of guanidine groups is 1. The van der Waals surface area contributed by atoms with E-state index in [1.807, 2.05) is 18.2 Å². The number of rotatable bonds is 6. The molecular formula is C22H31N5O2S. The van der Waals surface area contributed by atoms with Gasteiger partial charge in [-0.25, -0.2) is 4.98 Å². The lowest BCUT2D eigenvalue weighted by molar-refractivity contribution is 0.179. The highest BCUT2D eigenvalue weighted by atomic mass is 32.1. The van der Waals surface area contributed by atoms with Gasteiger partial charge in [-0.3, -0.25) is 9.89 Å². The number of nitrogens with one attached hydrogen (secondary N) is 1. The van der Waals surface area contributed by atoms with E-state index in [2.05, 4.69) is 32.5 Å². The average Bonchev–Trinajstić information content (AvgIpc) is 3.08. The number of nitrogens with two attached hydrogens (primary N) is 1. The first kappa shape index (κ1) is 20.9. The van der Waals surface area contributed by atoms with Crippen molar-refractivity contribution in [2.45, 2.75) is 39.2 Å². The molecule has 1 saturated heterocycles. The number of fused-ring (bicyclic) bond motifs is 1. The molecule has 0 amide bonds. The third-order valence-electron chi connectivity index (χ3n) is 5.53. The molecule has 2 aromatic rings. The number of likely N-dealkylation sites (tertiary alicyclic amines) is 1. The first-order valence-electron chi connectivity index (χ1n) is 10.8. The maximum atomic E-state index is 6.12. The van der Waals surface area contributed by atoms with Gasteiger partial charge >= 0.3 is 0 Å². The van der Waals surface area contributed by atoms with Crippen LogP contribution in [-0.2, 0) is 13.0 Å². The van der Waals surface area contributed by atoms with Crippen LogP contribution in [0.4, 0.5) is 5.69 Å². The van der Waals surface area contributed by atoms with Crippen LogP contribution < -0.4 is 20.5 Å². The lowest BCUT2D eigenvalue weighted by Crippen LogP contribution is -2.34. The van der Waals surface area contributed by atoms with Crippen molar-refractivity contribution in [1.82, 2.24) is 9.88 Å². The predicted molar refractivity (Wildman–Crippen MR) is 122 cm³/mol. The molecule has 162 valence electrons. The van der Waals surface area contributed by atoms with E-state index in [1.54, 1.807) is 11.3 Å². The Morgan fingerprint density at radius 2 is 2.07 bits per heavy atom. The molecule has 0 unspecified atom stereocenters. The Labute approximate surface area is 182 Å². The monoisotopic (exact) mass is 429 g/mol. The van der Waals surface area contributed by atoms with Gasteiger partial charge in [0.1, 0.15) is 0 Å². The second-order valence-corrected chi connectivity index (χ2v) is 8.81. The minimum absolute atomic E-state index is 0.446. The highest BCUT2D eigenvalue weighted by Gasteiger charge is 2.20. The van der Waals surface area contributed by atoms with Crippen LogP contribution in [0.2, 0.25) is 0 Å². The molecule has 1 aromatic heterocycles. The number of thiazole rings is 1. The number of benzene rings is 1. The van der Waals surface area contributed by atoms with E-state index in [9.17, 15) is 0 Å². The van der Waals surface area contributed by atoms with Crippen molar-refractivity contribution in [1.29, 1.82) is 0 Å². The summed E-state index contributed by atoms with van der Waals surface area (Å²) in [6.45, 7) is 7.41. The second-order valence-electron chi connectivity index (χ2n) is 7.87. The van der Waals surface area contributed by atoms with E-state index in [0.29, 0.717) is 25.1 Å². The standard InChI is InChI=1S/C22H31N5O2S/c1-2-21-25-18(15-30-21)14-27-8-6-16(7-9-27)13-24-22(23)26-17-4-5-19-20(12-17)29-11-3-10-28-19/h4-5,12,15-16H,2-3,6-11,13-14H2,1H3,(H3,23,24,26). The average molecular weight is 430 g/mol. The summed E-state index contributed by atoms with van der Waals surface area (Å²) in [6, 6.07) is 5.78. The summed E-state index contributed by atoms with van der Waals surface area (Å²) in [7, 11) is 0. The molecule has 0 spiro atoms. The van der Waals surface area contributed by atoms with Gasteiger partial charge in [-0.15, -0.1) is 11.3 Å². The van der Waals surface area contributed by atoms with Gasteiger partial charge in [0.25, 0.3) is 0 Å². The van der Waals surface area contributed by atoms with Crippen molar-refractivity contribution in [2.75, 3.05) is 38.2 Å². The predicted octanol–water partition coefficient (Wildman–Crippen LogP) is 3.51. The largest absolute Gasteiger partial charge is 0.490 e. The van der Waals surface area contributed by atoms with Crippen LogP contribution in [0.1, 0.15) is 36.9 Å². The van der Waals surface area contributed by atoms with Crippen molar-refractivity contribution in [3.63, 3.8) is 0 Å². The highest BCUT2D eigenvalue weighted by Crippen LogP contribution is 2.32. The van der Waals surface area contributed by atoms with E-state index >= 15 is 0 Å². The van der Waals surface area contributed by atoms with Gasteiger partial charge in [0.15, 0.2) is 17.5 Å². The lowest BCUT2D eigenvalue weighted by Gasteiger charge is -2.30. The van der Waals surface area contributed by atoms with E-state index in [0.717, 1.165) is 69.0 Å². The number of nitrogens with zero attached hydrogens (tertiary/aromatic N) is 3. The zero-order valence-electron chi connectivity index (χ0n) is 17.6.